The number of hydrogen-bond donors (Lipinski definition) is 0. The first-order chi connectivity index (χ1) is 9.83. The number of carbonyl (C=O) groups excluding carboxylic acids is 1. The number of fused-ring (bicyclic) bond motifs is 1. The molecule has 0 saturated carbocycles. The van der Waals surface area contributed by atoms with Crippen molar-refractivity contribution in [2.45, 2.75) is 44.9 Å². The summed E-state index contributed by atoms with van der Waals surface area (Å²) in [6.07, 6.45) is 8.32. The van der Waals surface area contributed by atoms with Crippen molar-refractivity contribution < 1.29 is 9.53 Å². The highest BCUT2D eigenvalue weighted by Gasteiger charge is 2.16. The summed E-state index contributed by atoms with van der Waals surface area (Å²) in [6, 6.07) is 6.26. The molecule has 3 rings (SSSR count). The average Bonchev–Trinajstić information content (AvgIpc) is 2.76. The Morgan fingerprint density at radius 3 is 2.55 bits per heavy atom. The Bertz CT molecular complexity index is 476. The fourth-order valence-corrected chi connectivity index (χ4v) is 3.19. The van der Waals surface area contributed by atoms with Gasteiger partial charge in [-0.25, -0.2) is 0 Å². The maximum absolute atomic E-state index is 12.2. The first-order valence-electron chi connectivity index (χ1n) is 7.85. The molecular weight excluding hydrogens is 250 g/mol. The summed E-state index contributed by atoms with van der Waals surface area (Å²) in [7, 11) is 0. The molecule has 0 N–H and O–H groups in total. The molecule has 1 heterocycles. The second-order valence-corrected chi connectivity index (χ2v) is 5.87. The maximum Gasteiger partial charge on any atom is 0.260 e. The van der Waals surface area contributed by atoms with Crippen LogP contribution in [-0.2, 0) is 17.6 Å². The summed E-state index contributed by atoms with van der Waals surface area (Å²) in [6.45, 7) is 1.97. The van der Waals surface area contributed by atoms with E-state index in [0.29, 0.717) is 0 Å². The van der Waals surface area contributed by atoms with Gasteiger partial charge in [-0.15, -0.1) is 0 Å². The lowest BCUT2D eigenvalue weighted by Crippen LogP contribution is -2.35. The molecule has 0 unspecified atom stereocenters. The topological polar surface area (TPSA) is 29.5 Å². The highest BCUT2D eigenvalue weighted by molar-refractivity contribution is 5.77. The lowest BCUT2D eigenvalue weighted by Gasteiger charge is -2.20. The van der Waals surface area contributed by atoms with Gasteiger partial charge in [-0.2, -0.15) is 0 Å². The zero-order chi connectivity index (χ0) is 13.8. The molecule has 1 aromatic carbocycles. The van der Waals surface area contributed by atoms with Gasteiger partial charge in [0.25, 0.3) is 5.91 Å². The van der Waals surface area contributed by atoms with Crippen molar-refractivity contribution in [3.05, 3.63) is 29.3 Å². The van der Waals surface area contributed by atoms with E-state index in [-0.39, 0.29) is 12.5 Å². The number of aryl methyl sites for hydroxylation is 2. The van der Waals surface area contributed by atoms with Crippen LogP contribution in [0.4, 0.5) is 0 Å². The quantitative estimate of drug-likeness (QED) is 0.847. The van der Waals surface area contributed by atoms with Gasteiger partial charge < -0.3 is 9.64 Å². The van der Waals surface area contributed by atoms with Crippen molar-refractivity contribution in [1.29, 1.82) is 0 Å². The number of amides is 1. The summed E-state index contributed by atoms with van der Waals surface area (Å²) >= 11 is 0. The minimum Gasteiger partial charge on any atom is -0.484 e. The molecule has 1 aliphatic heterocycles. The lowest BCUT2D eigenvalue weighted by molar-refractivity contribution is -0.133. The zero-order valence-corrected chi connectivity index (χ0v) is 12.1. The van der Waals surface area contributed by atoms with Gasteiger partial charge in [-0.3, -0.25) is 4.79 Å². The number of nitrogens with zero attached hydrogens (tertiary/aromatic N) is 1. The number of benzene rings is 1. The monoisotopic (exact) mass is 273 g/mol. The predicted molar refractivity (Wildman–Crippen MR) is 79.0 cm³/mol. The van der Waals surface area contributed by atoms with Gasteiger partial charge in [0.1, 0.15) is 5.75 Å². The van der Waals surface area contributed by atoms with Gasteiger partial charge in [0.2, 0.25) is 0 Å². The van der Waals surface area contributed by atoms with Crippen molar-refractivity contribution >= 4 is 5.91 Å². The molecule has 1 aliphatic carbocycles. The first kappa shape index (κ1) is 13.5. The number of carbonyl (C=O) groups is 1. The second-order valence-electron chi connectivity index (χ2n) is 5.87. The normalized spacial score (nSPS) is 18.5. The number of rotatable bonds is 3. The molecule has 1 aromatic rings. The van der Waals surface area contributed by atoms with E-state index in [1.165, 1.54) is 36.8 Å². The summed E-state index contributed by atoms with van der Waals surface area (Å²) < 4.78 is 5.70. The van der Waals surface area contributed by atoms with E-state index in [4.69, 9.17) is 4.74 Å². The SMILES string of the molecule is O=C(COc1ccc2c(c1)CCC2)N1CCCCCC1. The van der Waals surface area contributed by atoms with Crippen LogP contribution in [-0.4, -0.2) is 30.5 Å². The Balaban J connectivity index is 1.54. The Kier molecular flexibility index (Phi) is 4.24. The fraction of sp³-hybridized carbons (Fsp3) is 0.588. The van der Waals surface area contributed by atoms with Crippen molar-refractivity contribution in [1.82, 2.24) is 4.90 Å². The molecule has 0 radical (unpaired) electrons. The van der Waals surface area contributed by atoms with E-state index in [2.05, 4.69) is 12.1 Å². The van der Waals surface area contributed by atoms with E-state index in [1.54, 1.807) is 0 Å². The molecular formula is C17H23NO2. The Morgan fingerprint density at radius 1 is 1.00 bits per heavy atom. The molecule has 1 fully saturated rings. The Labute approximate surface area is 120 Å². The molecule has 1 amide bonds. The molecule has 1 saturated heterocycles. The highest BCUT2D eigenvalue weighted by atomic mass is 16.5. The van der Waals surface area contributed by atoms with Crippen LogP contribution in [0, 0.1) is 0 Å². The summed E-state index contributed by atoms with van der Waals surface area (Å²) in [5.41, 5.74) is 2.83. The van der Waals surface area contributed by atoms with E-state index >= 15 is 0 Å². The molecule has 3 heteroatoms. The van der Waals surface area contributed by atoms with Crippen LogP contribution in [0.5, 0.6) is 5.75 Å². The fourth-order valence-electron chi connectivity index (χ4n) is 3.19. The van der Waals surface area contributed by atoms with E-state index in [9.17, 15) is 4.79 Å². The molecule has 0 atom stereocenters. The predicted octanol–water partition coefficient (Wildman–Crippen LogP) is 2.96. The molecule has 108 valence electrons. The van der Waals surface area contributed by atoms with Crippen molar-refractivity contribution in [2.75, 3.05) is 19.7 Å². The lowest BCUT2D eigenvalue weighted by atomic mass is 10.1. The van der Waals surface area contributed by atoms with Crippen LogP contribution in [0.1, 0.15) is 43.2 Å². The van der Waals surface area contributed by atoms with E-state index in [1.807, 2.05) is 11.0 Å². The summed E-state index contributed by atoms with van der Waals surface area (Å²) in [5.74, 6) is 0.973. The first-order valence-corrected chi connectivity index (χ1v) is 7.85. The van der Waals surface area contributed by atoms with Crippen molar-refractivity contribution in [3.8, 4) is 5.75 Å². The third-order valence-electron chi connectivity index (χ3n) is 4.39. The molecule has 0 spiro atoms. The van der Waals surface area contributed by atoms with Crippen LogP contribution in [0.25, 0.3) is 0 Å². The second kappa shape index (κ2) is 6.29. The van der Waals surface area contributed by atoms with Crippen molar-refractivity contribution in [3.63, 3.8) is 0 Å². The van der Waals surface area contributed by atoms with Crippen LogP contribution < -0.4 is 4.74 Å². The smallest absolute Gasteiger partial charge is 0.260 e. The molecule has 2 aliphatic rings. The zero-order valence-electron chi connectivity index (χ0n) is 12.1. The van der Waals surface area contributed by atoms with Gasteiger partial charge in [0, 0.05) is 13.1 Å². The Morgan fingerprint density at radius 2 is 1.75 bits per heavy atom. The van der Waals surface area contributed by atoms with Gasteiger partial charge in [0.05, 0.1) is 0 Å². The van der Waals surface area contributed by atoms with Crippen LogP contribution in [0.3, 0.4) is 0 Å². The standard InChI is InChI=1S/C17H23NO2/c19-17(18-10-3-1-2-4-11-18)13-20-16-9-8-14-6-5-7-15(14)12-16/h8-9,12H,1-7,10-11,13H2. The van der Waals surface area contributed by atoms with Crippen LogP contribution in [0.2, 0.25) is 0 Å². The number of likely N-dealkylation sites (tertiary alicyclic amines) is 1. The third-order valence-corrected chi connectivity index (χ3v) is 4.39. The molecule has 3 nitrogen and oxygen atoms in total. The van der Waals surface area contributed by atoms with E-state index in [0.717, 1.165) is 38.1 Å². The largest absolute Gasteiger partial charge is 0.484 e. The summed E-state index contributed by atoms with van der Waals surface area (Å²) in [5, 5.41) is 0. The molecule has 20 heavy (non-hydrogen) atoms. The average molecular weight is 273 g/mol. The van der Waals surface area contributed by atoms with Gasteiger partial charge in [0.15, 0.2) is 6.61 Å². The third kappa shape index (κ3) is 3.14. The molecule has 0 bridgehead atoms. The number of hydrogen-bond acceptors (Lipinski definition) is 2. The maximum atomic E-state index is 12.2. The minimum atomic E-state index is 0.132. The van der Waals surface area contributed by atoms with Crippen LogP contribution in [0.15, 0.2) is 18.2 Å². The summed E-state index contributed by atoms with van der Waals surface area (Å²) in [4.78, 5) is 14.1. The number of ether oxygens (including phenoxy) is 1. The van der Waals surface area contributed by atoms with Gasteiger partial charge >= 0.3 is 0 Å². The highest BCUT2D eigenvalue weighted by Crippen LogP contribution is 2.26. The van der Waals surface area contributed by atoms with Crippen LogP contribution >= 0.6 is 0 Å². The minimum absolute atomic E-state index is 0.132. The van der Waals surface area contributed by atoms with Crippen molar-refractivity contribution in [2.24, 2.45) is 0 Å². The van der Waals surface area contributed by atoms with Gasteiger partial charge in [-0.05, 0) is 55.4 Å². The Hall–Kier alpha value is -1.51. The molecule has 0 aromatic heterocycles. The van der Waals surface area contributed by atoms with Gasteiger partial charge in [-0.1, -0.05) is 18.9 Å². The van der Waals surface area contributed by atoms with E-state index < -0.39 is 0 Å².